The van der Waals surface area contributed by atoms with Gasteiger partial charge in [-0.2, -0.15) is 0 Å². The van der Waals surface area contributed by atoms with Crippen molar-refractivity contribution in [3.8, 4) is 0 Å². The van der Waals surface area contributed by atoms with E-state index in [-0.39, 0.29) is 11.9 Å². The molecule has 0 aliphatic carbocycles. The van der Waals surface area contributed by atoms with Crippen LogP contribution in [0.15, 0.2) is 40.9 Å². The Labute approximate surface area is 142 Å². The molecule has 1 N–H and O–H groups in total. The fourth-order valence-corrected chi connectivity index (χ4v) is 3.25. The lowest BCUT2D eigenvalue weighted by Gasteiger charge is -2.16. The number of hydrogen-bond donors (Lipinski definition) is 1. The normalized spacial score (nSPS) is 12.0. The van der Waals surface area contributed by atoms with Gasteiger partial charge in [-0.05, 0) is 65.2 Å². The highest BCUT2D eigenvalue weighted by atomic mass is 79.9. The van der Waals surface area contributed by atoms with E-state index >= 15 is 0 Å². The van der Waals surface area contributed by atoms with Crippen LogP contribution in [0.3, 0.4) is 0 Å². The van der Waals surface area contributed by atoms with Gasteiger partial charge in [0.1, 0.15) is 0 Å². The van der Waals surface area contributed by atoms with Crippen LogP contribution in [0.4, 0.5) is 0 Å². The zero-order valence-electron chi connectivity index (χ0n) is 11.6. The van der Waals surface area contributed by atoms with Gasteiger partial charge < -0.3 is 5.32 Å². The Morgan fingerprint density at radius 3 is 2.52 bits per heavy atom. The highest BCUT2D eigenvalue weighted by molar-refractivity contribution is 9.10. The first kappa shape index (κ1) is 16.3. The first-order chi connectivity index (χ1) is 9.88. The number of carbonyl (C=O) groups excluding carboxylic acids is 1. The van der Waals surface area contributed by atoms with Gasteiger partial charge in [-0.1, -0.05) is 35.3 Å². The minimum atomic E-state index is -0.213. The summed E-state index contributed by atoms with van der Waals surface area (Å²) in [6.45, 7) is 3.86. The van der Waals surface area contributed by atoms with Crippen LogP contribution in [0.2, 0.25) is 10.0 Å². The molecule has 0 aliphatic heterocycles. The van der Waals surface area contributed by atoms with Crippen molar-refractivity contribution < 1.29 is 4.79 Å². The van der Waals surface area contributed by atoms with Crippen molar-refractivity contribution in [1.82, 2.24) is 5.32 Å². The number of hydrogen-bond acceptors (Lipinski definition) is 1. The van der Waals surface area contributed by atoms with E-state index < -0.39 is 0 Å². The van der Waals surface area contributed by atoms with E-state index in [9.17, 15) is 4.79 Å². The Hall–Kier alpha value is -1.03. The van der Waals surface area contributed by atoms with Crippen molar-refractivity contribution in [2.24, 2.45) is 0 Å². The van der Waals surface area contributed by atoms with E-state index in [1.807, 2.05) is 32.0 Å². The largest absolute Gasteiger partial charge is 0.345 e. The molecule has 0 heterocycles. The Bertz CT molecular complexity index is 688. The molecule has 110 valence electrons. The highest BCUT2D eigenvalue weighted by Crippen LogP contribution is 2.27. The van der Waals surface area contributed by atoms with Gasteiger partial charge in [-0.25, -0.2) is 0 Å². The highest BCUT2D eigenvalue weighted by Gasteiger charge is 2.16. The van der Waals surface area contributed by atoms with Gasteiger partial charge in [0.15, 0.2) is 0 Å². The van der Waals surface area contributed by atoms with Gasteiger partial charge in [0.2, 0.25) is 0 Å². The van der Waals surface area contributed by atoms with E-state index in [4.69, 9.17) is 23.2 Å². The monoisotopic (exact) mass is 385 g/mol. The Balaban J connectivity index is 2.18. The lowest BCUT2D eigenvalue weighted by molar-refractivity contribution is 0.0939. The van der Waals surface area contributed by atoms with Crippen molar-refractivity contribution in [2.75, 3.05) is 0 Å². The number of halogens is 3. The van der Waals surface area contributed by atoms with Crippen LogP contribution in [-0.4, -0.2) is 5.91 Å². The fourth-order valence-electron chi connectivity index (χ4n) is 2.01. The predicted octanol–water partition coefficient (Wildman–Crippen LogP) is 5.56. The molecule has 0 radical (unpaired) electrons. The number of rotatable bonds is 3. The summed E-state index contributed by atoms with van der Waals surface area (Å²) >= 11 is 15.5. The smallest absolute Gasteiger partial charge is 0.252 e. The van der Waals surface area contributed by atoms with Crippen LogP contribution < -0.4 is 5.32 Å². The fraction of sp³-hybridized carbons (Fsp3) is 0.188. The van der Waals surface area contributed by atoms with Crippen molar-refractivity contribution in [1.29, 1.82) is 0 Å². The van der Waals surface area contributed by atoms with E-state index in [0.29, 0.717) is 15.6 Å². The molecule has 2 rings (SSSR count). The van der Waals surface area contributed by atoms with Crippen LogP contribution in [0.1, 0.15) is 34.5 Å². The van der Waals surface area contributed by atoms with Gasteiger partial charge in [-0.15, -0.1) is 0 Å². The molecule has 2 aromatic carbocycles. The number of benzene rings is 2. The van der Waals surface area contributed by atoms with Crippen molar-refractivity contribution in [3.05, 3.63) is 67.6 Å². The van der Waals surface area contributed by atoms with Crippen molar-refractivity contribution >= 4 is 45.0 Å². The molecule has 0 aliphatic rings. The molecule has 0 saturated carbocycles. The molecule has 0 spiro atoms. The Morgan fingerprint density at radius 1 is 1.19 bits per heavy atom. The van der Waals surface area contributed by atoms with Gasteiger partial charge in [0.05, 0.1) is 11.6 Å². The summed E-state index contributed by atoms with van der Waals surface area (Å²) in [6, 6.07) is 10.6. The van der Waals surface area contributed by atoms with Crippen molar-refractivity contribution in [3.63, 3.8) is 0 Å². The molecule has 1 unspecified atom stereocenters. The van der Waals surface area contributed by atoms with Crippen LogP contribution in [-0.2, 0) is 0 Å². The topological polar surface area (TPSA) is 29.1 Å². The minimum absolute atomic E-state index is 0.152. The summed E-state index contributed by atoms with van der Waals surface area (Å²) in [4.78, 5) is 12.3. The molecule has 5 heteroatoms. The molecular formula is C16H14BrCl2NO. The maximum Gasteiger partial charge on any atom is 0.252 e. The number of nitrogens with one attached hydrogen (secondary N) is 1. The van der Waals surface area contributed by atoms with Crippen LogP contribution in [0.25, 0.3) is 0 Å². The zero-order valence-corrected chi connectivity index (χ0v) is 14.7. The van der Waals surface area contributed by atoms with E-state index in [1.54, 1.807) is 18.2 Å². The van der Waals surface area contributed by atoms with E-state index in [1.165, 1.54) is 0 Å². The van der Waals surface area contributed by atoms with Crippen LogP contribution in [0, 0.1) is 6.92 Å². The predicted molar refractivity (Wildman–Crippen MR) is 91.2 cm³/mol. The molecule has 2 nitrogen and oxygen atoms in total. The molecule has 1 amide bonds. The van der Waals surface area contributed by atoms with Crippen LogP contribution in [0.5, 0.6) is 0 Å². The summed E-state index contributed by atoms with van der Waals surface area (Å²) in [5, 5.41) is 4.05. The summed E-state index contributed by atoms with van der Waals surface area (Å²) in [6.07, 6.45) is 0. The second-order valence-corrected chi connectivity index (χ2v) is 6.54. The van der Waals surface area contributed by atoms with Gasteiger partial charge in [-0.3, -0.25) is 4.79 Å². The Morgan fingerprint density at radius 2 is 1.90 bits per heavy atom. The lowest BCUT2D eigenvalue weighted by atomic mass is 10.1. The first-order valence-corrected chi connectivity index (χ1v) is 7.95. The van der Waals surface area contributed by atoms with Gasteiger partial charge in [0, 0.05) is 14.5 Å². The third kappa shape index (κ3) is 4.00. The van der Waals surface area contributed by atoms with Gasteiger partial charge in [0.25, 0.3) is 5.91 Å². The lowest BCUT2D eigenvalue weighted by Crippen LogP contribution is -2.27. The number of carbonyl (C=O) groups is 1. The maximum atomic E-state index is 12.3. The van der Waals surface area contributed by atoms with Gasteiger partial charge >= 0.3 is 0 Å². The summed E-state index contributed by atoms with van der Waals surface area (Å²) in [5.74, 6) is -0.152. The second-order valence-electron chi connectivity index (χ2n) is 4.84. The summed E-state index contributed by atoms with van der Waals surface area (Å²) in [7, 11) is 0. The molecule has 21 heavy (non-hydrogen) atoms. The first-order valence-electron chi connectivity index (χ1n) is 6.40. The molecule has 0 aromatic heterocycles. The minimum Gasteiger partial charge on any atom is -0.345 e. The third-order valence-electron chi connectivity index (χ3n) is 3.15. The average molecular weight is 387 g/mol. The summed E-state index contributed by atoms with van der Waals surface area (Å²) < 4.78 is 0.773. The standard InChI is InChI=1S/C16H14BrCl2NO/c1-9-3-5-13(14(17)7-9)16(21)20-10(2)12-6-4-11(18)8-15(12)19/h3-8,10H,1-2H3,(H,20,21). The summed E-state index contributed by atoms with van der Waals surface area (Å²) in [5.41, 5.74) is 2.52. The number of amides is 1. The zero-order chi connectivity index (χ0) is 15.6. The molecule has 1 atom stereocenters. The van der Waals surface area contributed by atoms with E-state index in [0.717, 1.165) is 15.6 Å². The second kappa shape index (κ2) is 6.82. The maximum absolute atomic E-state index is 12.3. The van der Waals surface area contributed by atoms with E-state index in [2.05, 4.69) is 21.2 Å². The molecule has 2 aromatic rings. The average Bonchev–Trinajstić information content (AvgIpc) is 2.37. The number of aryl methyl sites for hydroxylation is 1. The SMILES string of the molecule is Cc1ccc(C(=O)NC(C)c2ccc(Cl)cc2Cl)c(Br)c1. The molecule has 0 bridgehead atoms. The molecule has 0 fully saturated rings. The van der Waals surface area contributed by atoms with Crippen LogP contribution >= 0.6 is 39.1 Å². The molecule has 0 saturated heterocycles. The third-order valence-corrected chi connectivity index (χ3v) is 4.36. The Kier molecular flexibility index (Phi) is 5.31. The quantitative estimate of drug-likeness (QED) is 0.735. The molecular weight excluding hydrogens is 373 g/mol. The van der Waals surface area contributed by atoms with Crippen molar-refractivity contribution in [2.45, 2.75) is 19.9 Å².